The summed E-state index contributed by atoms with van der Waals surface area (Å²) in [5.41, 5.74) is 0.167. The predicted octanol–water partition coefficient (Wildman–Crippen LogP) is 1.89. The van der Waals surface area contributed by atoms with Crippen LogP contribution in [0.15, 0.2) is 12.1 Å². The summed E-state index contributed by atoms with van der Waals surface area (Å²) in [5.74, 6) is -4.07. The Morgan fingerprint density at radius 1 is 1.32 bits per heavy atom. The van der Waals surface area contributed by atoms with E-state index in [2.05, 4.69) is 5.32 Å². The molecule has 0 spiro atoms. The van der Waals surface area contributed by atoms with Crippen LogP contribution in [0, 0.1) is 17.5 Å². The molecule has 1 rings (SSSR count). The van der Waals surface area contributed by atoms with Crippen LogP contribution in [0.5, 0.6) is 0 Å². The van der Waals surface area contributed by atoms with Crippen LogP contribution in [0.4, 0.5) is 18.0 Å². The van der Waals surface area contributed by atoms with Crippen LogP contribution in [0.3, 0.4) is 0 Å². The molecule has 0 bridgehead atoms. The molecule has 0 radical (unpaired) electrons. The van der Waals surface area contributed by atoms with E-state index in [0.717, 1.165) is 12.1 Å². The van der Waals surface area contributed by atoms with Crippen molar-refractivity contribution in [3.8, 4) is 0 Å². The first-order valence-corrected chi connectivity index (χ1v) is 5.57. The van der Waals surface area contributed by atoms with Crippen molar-refractivity contribution in [3.63, 3.8) is 0 Å². The number of ether oxygens (including phenoxy) is 1. The molecule has 0 aliphatic heterocycles. The minimum absolute atomic E-state index is 0.0348. The molecule has 0 saturated carbocycles. The first-order chi connectivity index (χ1) is 8.95. The number of urea groups is 1. The lowest BCUT2D eigenvalue weighted by atomic mass is 10.2. The average Bonchev–Trinajstić information content (AvgIpc) is 2.36. The van der Waals surface area contributed by atoms with Crippen LogP contribution in [-0.2, 0) is 11.3 Å². The third-order valence-corrected chi connectivity index (χ3v) is 2.39. The Hall–Kier alpha value is -1.76. The number of carbonyl (C=O) groups is 1. The first-order valence-electron chi connectivity index (χ1n) is 5.57. The lowest BCUT2D eigenvalue weighted by Crippen LogP contribution is -2.38. The fourth-order valence-corrected chi connectivity index (χ4v) is 1.44. The highest BCUT2D eigenvalue weighted by Gasteiger charge is 2.13. The Morgan fingerprint density at radius 3 is 2.42 bits per heavy atom. The van der Waals surface area contributed by atoms with Gasteiger partial charge in [-0.25, -0.2) is 18.0 Å². The topological polar surface area (TPSA) is 41.6 Å². The van der Waals surface area contributed by atoms with Crippen LogP contribution in [0.2, 0.25) is 0 Å². The van der Waals surface area contributed by atoms with E-state index in [-0.39, 0.29) is 12.1 Å². The molecule has 0 heterocycles. The number of halogens is 3. The number of hydrogen-bond acceptors (Lipinski definition) is 2. The van der Waals surface area contributed by atoms with Crippen LogP contribution in [0.25, 0.3) is 0 Å². The van der Waals surface area contributed by atoms with Crippen molar-refractivity contribution < 1.29 is 22.7 Å². The zero-order valence-electron chi connectivity index (χ0n) is 10.7. The lowest BCUT2D eigenvalue weighted by molar-refractivity contribution is 0.184. The van der Waals surface area contributed by atoms with Crippen LogP contribution < -0.4 is 5.32 Å². The van der Waals surface area contributed by atoms with Crippen molar-refractivity contribution in [2.75, 3.05) is 27.3 Å². The maximum absolute atomic E-state index is 13.0. The van der Waals surface area contributed by atoms with E-state index < -0.39 is 23.5 Å². The van der Waals surface area contributed by atoms with Crippen molar-refractivity contribution in [3.05, 3.63) is 35.1 Å². The Labute approximate surface area is 109 Å². The van der Waals surface area contributed by atoms with Crippen LogP contribution in [0.1, 0.15) is 5.56 Å². The van der Waals surface area contributed by atoms with Gasteiger partial charge in [-0.2, -0.15) is 0 Å². The molecule has 106 valence electrons. The fourth-order valence-electron chi connectivity index (χ4n) is 1.44. The fraction of sp³-hybridized carbons (Fsp3) is 0.417. The van der Waals surface area contributed by atoms with Crippen molar-refractivity contribution in [2.45, 2.75) is 6.54 Å². The maximum atomic E-state index is 13.0. The first kappa shape index (κ1) is 15.3. The predicted molar refractivity (Wildman–Crippen MR) is 63.1 cm³/mol. The van der Waals surface area contributed by atoms with Gasteiger partial charge in [-0.05, 0) is 17.7 Å². The van der Waals surface area contributed by atoms with E-state index in [1.165, 1.54) is 19.1 Å². The SMILES string of the molecule is COCCNC(=O)N(C)Cc1cc(F)c(F)c(F)c1. The van der Waals surface area contributed by atoms with Crippen LogP contribution in [-0.4, -0.2) is 38.2 Å². The van der Waals surface area contributed by atoms with Gasteiger partial charge in [-0.1, -0.05) is 0 Å². The molecule has 19 heavy (non-hydrogen) atoms. The molecule has 0 atom stereocenters. The van der Waals surface area contributed by atoms with Crippen molar-refractivity contribution in [1.29, 1.82) is 0 Å². The van der Waals surface area contributed by atoms with Gasteiger partial charge >= 0.3 is 6.03 Å². The third kappa shape index (κ3) is 4.44. The standard InChI is InChI=1S/C12H15F3N2O2/c1-17(12(18)16-3-4-19-2)7-8-5-9(13)11(15)10(14)6-8/h5-6H,3-4,7H2,1-2H3,(H,16,18). The van der Waals surface area contributed by atoms with Gasteiger partial charge < -0.3 is 15.0 Å². The summed E-state index contributed by atoms with van der Waals surface area (Å²) in [4.78, 5) is 12.8. The highest BCUT2D eigenvalue weighted by Crippen LogP contribution is 2.14. The van der Waals surface area contributed by atoms with Gasteiger partial charge in [-0.3, -0.25) is 0 Å². The van der Waals surface area contributed by atoms with Crippen molar-refractivity contribution in [2.24, 2.45) is 0 Å². The lowest BCUT2D eigenvalue weighted by Gasteiger charge is -2.18. The van der Waals surface area contributed by atoms with E-state index in [1.54, 1.807) is 0 Å². The molecule has 4 nitrogen and oxygen atoms in total. The van der Waals surface area contributed by atoms with Crippen molar-refractivity contribution in [1.82, 2.24) is 10.2 Å². The van der Waals surface area contributed by atoms with E-state index in [1.807, 2.05) is 0 Å². The maximum Gasteiger partial charge on any atom is 0.317 e. The molecule has 2 amide bonds. The zero-order chi connectivity index (χ0) is 14.4. The molecule has 1 N–H and O–H groups in total. The molecule has 0 aliphatic rings. The summed E-state index contributed by atoms with van der Waals surface area (Å²) in [6, 6.07) is 1.30. The molecule has 0 aromatic heterocycles. The molecule has 0 unspecified atom stereocenters. The summed E-state index contributed by atoms with van der Waals surface area (Å²) < 4.78 is 43.5. The second kappa shape index (κ2) is 6.98. The van der Waals surface area contributed by atoms with Gasteiger partial charge in [0.1, 0.15) is 0 Å². The van der Waals surface area contributed by atoms with Crippen molar-refractivity contribution >= 4 is 6.03 Å². The summed E-state index contributed by atoms with van der Waals surface area (Å²) >= 11 is 0. The zero-order valence-corrected chi connectivity index (χ0v) is 10.7. The number of nitrogens with one attached hydrogen (secondary N) is 1. The Morgan fingerprint density at radius 2 is 1.89 bits per heavy atom. The number of nitrogens with zero attached hydrogens (tertiary/aromatic N) is 1. The molecular formula is C12H15F3N2O2. The normalized spacial score (nSPS) is 10.4. The van der Waals surface area contributed by atoms with E-state index in [0.29, 0.717) is 13.2 Å². The summed E-state index contributed by atoms with van der Waals surface area (Å²) in [7, 11) is 2.96. The smallest absolute Gasteiger partial charge is 0.317 e. The Balaban J connectivity index is 2.61. The number of methoxy groups -OCH3 is 1. The third-order valence-electron chi connectivity index (χ3n) is 2.39. The summed E-state index contributed by atoms with van der Waals surface area (Å²) in [6.45, 7) is 0.651. The Bertz CT molecular complexity index is 432. The van der Waals surface area contributed by atoms with E-state index in [4.69, 9.17) is 4.74 Å². The highest BCUT2D eigenvalue weighted by atomic mass is 19.2. The second-order valence-electron chi connectivity index (χ2n) is 3.95. The van der Waals surface area contributed by atoms with Gasteiger partial charge in [0.2, 0.25) is 0 Å². The largest absolute Gasteiger partial charge is 0.383 e. The molecular weight excluding hydrogens is 261 g/mol. The highest BCUT2D eigenvalue weighted by molar-refractivity contribution is 5.73. The molecule has 0 fully saturated rings. The molecule has 7 heteroatoms. The van der Waals surface area contributed by atoms with Gasteiger partial charge in [0, 0.05) is 27.2 Å². The van der Waals surface area contributed by atoms with Gasteiger partial charge in [0.25, 0.3) is 0 Å². The van der Waals surface area contributed by atoms with Gasteiger partial charge in [0.05, 0.1) is 6.61 Å². The van der Waals surface area contributed by atoms with E-state index >= 15 is 0 Å². The minimum Gasteiger partial charge on any atom is -0.383 e. The summed E-state index contributed by atoms with van der Waals surface area (Å²) in [5, 5.41) is 2.54. The minimum atomic E-state index is -1.52. The number of amides is 2. The average molecular weight is 276 g/mol. The number of rotatable bonds is 5. The number of benzene rings is 1. The molecule has 1 aromatic carbocycles. The van der Waals surface area contributed by atoms with Gasteiger partial charge in [0.15, 0.2) is 17.5 Å². The van der Waals surface area contributed by atoms with Gasteiger partial charge in [-0.15, -0.1) is 0 Å². The molecule has 0 saturated heterocycles. The second-order valence-corrected chi connectivity index (χ2v) is 3.95. The molecule has 1 aromatic rings. The monoisotopic (exact) mass is 276 g/mol. The summed E-state index contributed by atoms with van der Waals surface area (Å²) in [6.07, 6.45) is 0. The molecule has 0 aliphatic carbocycles. The quantitative estimate of drug-likeness (QED) is 0.659. The van der Waals surface area contributed by atoms with E-state index in [9.17, 15) is 18.0 Å². The Kier molecular flexibility index (Phi) is 5.62. The number of hydrogen-bond donors (Lipinski definition) is 1. The number of carbonyl (C=O) groups excluding carboxylic acids is 1. The van der Waals surface area contributed by atoms with Crippen LogP contribution >= 0.6 is 0 Å².